The SMILES string of the molecule is CC=CC(=O)N1CCCCC1OCCCCC. The van der Waals surface area contributed by atoms with Crippen molar-refractivity contribution in [3.8, 4) is 0 Å². The van der Waals surface area contributed by atoms with Crippen LogP contribution in [0.5, 0.6) is 0 Å². The van der Waals surface area contributed by atoms with E-state index < -0.39 is 0 Å². The molecule has 1 aliphatic rings. The molecular weight excluding hydrogens is 214 g/mol. The molecule has 1 atom stereocenters. The minimum Gasteiger partial charge on any atom is -0.358 e. The van der Waals surface area contributed by atoms with Crippen LogP contribution in [0.4, 0.5) is 0 Å². The summed E-state index contributed by atoms with van der Waals surface area (Å²) in [5.74, 6) is 0.0905. The number of carbonyl (C=O) groups is 1. The van der Waals surface area contributed by atoms with Crippen LogP contribution in [0.2, 0.25) is 0 Å². The molecule has 3 nitrogen and oxygen atoms in total. The zero-order chi connectivity index (χ0) is 12.5. The molecule has 0 aliphatic carbocycles. The maximum Gasteiger partial charge on any atom is 0.248 e. The first kappa shape index (κ1) is 14.2. The van der Waals surface area contributed by atoms with Crippen molar-refractivity contribution in [2.24, 2.45) is 0 Å². The van der Waals surface area contributed by atoms with Crippen molar-refractivity contribution in [1.82, 2.24) is 4.90 Å². The second-order valence-electron chi connectivity index (χ2n) is 4.56. The Bertz CT molecular complexity index is 251. The Hall–Kier alpha value is -0.830. The number of carbonyl (C=O) groups excluding carboxylic acids is 1. The highest BCUT2D eigenvalue weighted by Crippen LogP contribution is 2.18. The Labute approximate surface area is 105 Å². The number of allylic oxidation sites excluding steroid dienone is 1. The van der Waals surface area contributed by atoms with E-state index in [-0.39, 0.29) is 12.1 Å². The molecule has 17 heavy (non-hydrogen) atoms. The molecule has 0 spiro atoms. The van der Waals surface area contributed by atoms with Gasteiger partial charge in [-0.25, -0.2) is 0 Å². The smallest absolute Gasteiger partial charge is 0.248 e. The van der Waals surface area contributed by atoms with Gasteiger partial charge in [-0.2, -0.15) is 0 Å². The fraction of sp³-hybridized carbons (Fsp3) is 0.786. The first-order valence-electron chi connectivity index (χ1n) is 6.84. The number of likely N-dealkylation sites (tertiary alicyclic amines) is 1. The third kappa shape index (κ3) is 4.90. The van der Waals surface area contributed by atoms with Crippen LogP contribution in [-0.4, -0.2) is 30.2 Å². The summed E-state index contributed by atoms with van der Waals surface area (Å²) in [7, 11) is 0. The van der Waals surface area contributed by atoms with Crippen molar-refractivity contribution < 1.29 is 9.53 Å². The van der Waals surface area contributed by atoms with E-state index in [1.807, 2.05) is 11.8 Å². The van der Waals surface area contributed by atoms with Crippen molar-refractivity contribution in [2.75, 3.05) is 13.2 Å². The minimum atomic E-state index is 0.00399. The van der Waals surface area contributed by atoms with Crippen LogP contribution in [0.25, 0.3) is 0 Å². The van der Waals surface area contributed by atoms with Gasteiger partial charge < -0.3 is 9.64 Å². The highest BCUT2D eigenvalue weighted by molar-refractivity contribution is 5.87. The molecule has 1 saturated heterocycles. The molecule has 0 radical (unpaired) electrons. The van der Waals surface area contributed by atoms with Crippen molar-refractivity contribution in [2.45, 2.75) is 58.6 Å². The highest BCUT2D eigenvalue weighted by Gasteiger charge is 2.25. The molecule has 0 aromatic heterocycles. The Balaban J connectivity index is 2.39. The molecule has 1 rings (SSSR count). The Kier molecular flexibility index (Phi) is 6.94. The van der Waals surface area contributed by atoms with Crippen LogP contribution >= 0.6 is 0 Å². The zero-order valence-corrected chi connectivity index (χ0v) is 11.2. The Morgan fingerprint density at radius 3 is 2.94 bits per heavy atom. The van der Waals surface area contributed by atoms with Crippen LogP contribution in [0, 0.1) is 0 Å². The summed E-state index contributed by atoms with van der Waals surface area (Å²) in [6.45, 7) is 5.67. The summed E-state index contributed by atoms with van der Waals surface area (Å²) in [4.78, 5) is 13.7. The van der Waals surface area contributed by atoms with Gasteiger partial charge in [0.05, 0.1) is 0 Å². The number of nitrogens with zero attached hydrogens (tertiary/aromatic N) is 1. The molecule has 0 N–H and O–H groups in total. The number of rotatable bonds is 6. The standard InChI is InChI=1S/C14H25NO2/c1-3-5-8-12-17-14-10-6-7-11-15(14)13(16)9-4-2/h4,9,14H,3,5-8,10-12H2,1-2H3. The summed E-state index contributed by atoms with van der Waals surface area (Å²) in [6.07, 6.45) is 10.2. The van der Waals surface area contributed by atoms with Crippen molar-refractivity contribution in [3.63, 3.8) is 0 Å². The monoisotopic (exact) mass is 239 g/mol. The minimum absolute atomic E-state index is 0.00399. The van der Waals surface area contributed by atoms with E-state index in [4.69, 9.17) is 4.74 Å². The molecule has 0 saturated carbocycles. The fourth-order valence-corrected chi connectivity index (χ4v) is 2.14. The molecule has 0 aromatic rings. The maximum atomic E-state index is 11.9. The third-order valence-electron chi connectivity index (χ3n) is 3.10. The lowest BCUT2D eigenvalue weighted by atomic mass is 10.1. The van der Waals surface area contributed by atoms with Crippen LogP contribution in [0.3, 0.4) is 0 Å². The fourth-order valence-electron chi connectivity index (χ4n) is 2.14. The highest BCUT2D eigenvalue weighted by atomic mass is 16.5. The first-order chi connectivity index (χ1) is 8.29. The van der Waals surface area contributed by atoms with Crippen molar-refractivity contribution in [3.05, 3.63) is 12.2 Å². The summed E-state index contributed by atoms with van der Waals surface area (Å²) in [6, 6.07) is 0. The van der Waals surface area contributed by atoms with E-state index in [2.05, 4.69) is 6.92 Å². The van der Waals surface area contributed by atoms with E-state index in [0.29, 0.717) is 0 Å². The molecule has 1 unspecified atom stereocenters. The van der Waals surface area contributed by atoms with E-state index in [1.165, 1.54) is 12.8 Å². The normalized spacial score (nSPS) is 21.1. The molecule has 3 heteroatoms. The predicted octanol–water partition coefficient (Wildman–Crippen LogP) is 3.11. The maximum absolute atomic E-state index is 11.9. The quantitative estimate of drug-likeness (QED) is 0.526. The van der Waals surface area contributed by atoms with E-state index in [0.717, 1.165) is 38.8 Å². The van der Waals surface area contributed by atoms with Gasteiger partial charge in [-0.3, -0.25) is 4.79 Å². The van der Waals surface area contributed by atoms with Crippen LogP contribution < -0.4 is 0 Å². The van der Waals surface area contributed by atoms with E-state index >= 15 is 0 Å². The molecule has 1 fully saturated rings. The number of unbranched alkanes of at least 4 members (excludes halogenated alkanes) is 2. The molecule has 1 aliphatic heterocycles. The van der Waals surface area contributed by atoms with Crippen LogP contribution in [0.1, 0.15) is 52.4 Å². The second-order valence-corrected chi connectivity index (χ2v) is 4.56. The number of ether oxygens (including phenoxy) is 1. The van der Waals surface area contributed by atoms with Gasteiger partial charge in [0.1, 0.15) is 6.23 Å². The number of hydrogen-bond acceptors (Lipinski definition) is 2. The van der Waals surface area contributed by atoms with Gasteiger partial charge in [-0.05, 0) is 38.7 Å². The molecule has 0 bridgehead atoms. The predicted molar refractivity (Wildman–Crippen MR) is 69.6 cm³/mol. The second kappa shape index (κ2) is 8.29. The zero-order valence-electron chi connectivity index (χ0n) is 11.2. The van der Waals surface area contributed by atoms with Gasteiger partial charge in [0.25, 0.3) is 0 Å². The van der Waals surface area contributed by atoms with Gasteiger partial charge in [-0.1, -0.05) is 25.8 Å². The molecule has 1 amide bonds. The molecule has 1 heterocycles. The summed E-state index contributed by atoms with van der Waals surface area (Å²) in [5, 5.41) is 0. The van der Waals surface area contributed by atoms with Gasteiger partial charge in [0.15, 0.2) is 0 Å². The number of piperidine rings is 1. The lowest BCUT2D eigenvalue weighted by Crippen LogP contribution is -2.44. The Morgan fingerprint density at radius 1 is 1.41 bits per heavy atom. The average Bonchev–Trinajstić information content (AvgIpc) is 2.35. The van der Waals surface area contributed by atoms with Gasteiger partial charge in [0, 0.05) is 13.2 Å². The third-order valence-corrected chi connectivity index (χ3v) is 3.10. The van der Waals surface area contributed by atoms with Gasteiger partial charge in [0.2, 0.25) is 5.91 Å². The van der Waals surface area contributed by atoms with Crippen LogP contribution in [-0.2, 0) is 9.53 Å². The largest absolute Gasteiger partial charge is 0.358 e. The van der Waals surface area contributed by atoms with Crippen molar-refractivity contribution in [1.29, 1.82) is 0 Å². The molecular formula is C14H25NO2. The van der Waals surface area contributed by atoms with E-state index in [1.54, 1.807) is 12.2 Å². The van der Waals surface area contributed by atoms with Crippen molar-refractivity contribution >= 4 is 5.91 Å². The lowest BCUT2D eigenvalue weighted by Gasteiger charge is -2.34. The molecule has 98 valence electrons. The summed E-state index contributed by atoms with van der Waals surface area (Å²) < 4.78 is 5.84. The summed E-state index contributed by atoms with van der Waals surface area (Å²) >= 11 is 0. The Morgan fingerprint density at radius 2 is 2.24 bits per heavy atom. The number of hydrogen-bond donors (Lipinski definition) is 0. The lowest BCUT2D eigenvalue weighted by molar-refractivity contribution is -0.145. The van der Waals surface area contributed by atoms with Gasteiger partial charge in [-0.15, -0.1) is 0 Å². The average molecular weight is 239 g/mol. The summed E-state index contributed by atoms with van der Waals surface area (Å²) in [5.41, 5.74) is 0. The van der Waals surface area contributed by atoms with E-state index in [9.17, 15) is 4.79 Å². The topological polar surface area (TPSA) is 29.5 Å². The number of amides is 1. The molecule has 0 aromatic carbocycles. The first-order valence-corrected chi connectivity index (χ1v) is 6.84. The van der Waals surface area contributed by atoms with Gasteiger partial charge >= 0.3 is 0 Å². The van der Waals surface area contributed by atoms with Crippen LogP contribution in [0.15, 0.2) is 12.2 Å².